The van der Waals surface area contributed by atoms with E-state index >= 15 is 0 Å². The predicted molar refractivity (Wildman–Crippen MR) is 31.5 cm³/mol. The Morgan fingerprint density at radius 2 is 2.20 bits per heavy atom. The van der Waals surface area contributed by atoms with Gasteiger partial charge in [0.2, 0.25) is 0 Å². The molecule has 0 saturated carbocycles. The molecule has 0 spiro atoms. The maximum absolute atomic E-state index is 6.60. The summed E-state index contributed by atoms with van der Waals surface area (Å²) in [5, 5.41) is 0. The minimum absolute atomic E-state index is 0.586. The topological polar surface area (TPSA) is 23.8 Å². The van der Waals surface area contributed by atoms with Gasteiger partial charge in [0, 0.05) is 11.0 Å². The van der Waals surface area contributed by atoms with Gasteiger partial charge < -0.3 is 0 Å². The van der Waals surface area contributed by atoms with Gasteiger partial charge >= 0.3 is 0 Å². The summed E-state index contributed by atoms with van der Waals surface area (Å²) in [7, 11) is 0. The van der Waals surface area contributed by atoms with Gasteiger partial charge in [-0.1, -0.05) is 22.6 Å². The number of rotatable bonds is 2. The third-order valence-corrected chi connectivity index (χ3v) is 1.07. The van der Waals surface area contributed by atoms with E-state index in [-0.39, 0.29) is 0 Å². The summed E-state index contributed by atoms with van der Waals surface area (Å²) in [6.07, 6.45) is 1.04. The van der Waals surface area contributed by atoms with E-state index in [4.69, 9.17) is 5.73 Å². The number of hydrogen-bond donors (Lipinski definition) is 0. The summed E-state index contributed by atoms with van der Waals surface area (Å²) in [6, 6.07) is 0. The Labute approximate surface area is 46.1 Å². The van der Waals surface area contributed by atoms with Crippen LogP contribution in [-0.4, -0.2) is 11.0 Å². The first-order chi connectivity index (χ1) is 2.41. The molecule has 0 aliphatic rings. The molecule has 0 saturated heterocycles. The average Bonchev–Trinajstić information content (AvgIpc) is 1.41. The highest BCUT2D eigenvalue weighted by molar-refractivity contribution is 14.1. The van der Waals surface area contributed by atoms with Gasteiger partial charge in [-0.2, -0.15) is 0 Å². The summed E-state index contributed by atoms with van der Waals surface area (Å²) in [5.41, 5.74) is 6.60. The molecule has 0 aliphatic carbocycles. The number of alkyl halides is 1. The van der Waals surface area contributed by atoms with E-state index in [9.17, 15) is 0 Å². The Kier molecular flexibility index (Phi) is 5.34. The molecule has 1 radical (unpaired) electrons. The minimum atomic E-state index is 0.586. The molecular formula is C3H7IN. The Hall–Kier alpha value is 0.690. The third kappa shape index (κ3) is 4.69. The zero-order chi connectivity index (χ0) is 4.12. The lowest BCUT2D eigenvalue weighted by molar-refractivity contribution is 0.928. The first-order valence-electron chi connectivity index (χ1n) is 1.62. The van der Waals surface area contributed by atoms with Crippen molar-refractivity contribution < 1.29 is 0 Å². The SMILES string of the molecule is [NH]CCCI. The van der Waals surface area contributed by atoms with Crippen LogP contribution >= 0.6 is 22.6 Å². The van der Waals surface area contributed by atoms with Crippen LogP contribution in [-0.2, 0) is 0 Å². The molecule has 5 heavy (non-hydrogen) atoms. The van der Waals surface area contributed by atoms with E-state index in [1.54, 1.807) is 0 Å². The van der Waals surface area contributed by atoms with Gasteiger partial charge in [0.15, 0.2) is 0 Å². The molecule has 0 unspecified atom stereocenters. The van der Waals surface area contributed by atoms with Crippen molar-refractivity contribution in [1.29, 1.82) is 0 Å². The largest absolute Gasteiger partial charge is 0.258 e. The van der Waals surface area contributed by atoms with Crippen LogP contribution in [0.4, 0.5) is 0 Å². The highest BCUT2D eigenvalue weighted by atomic mass is 127. The molecule has 0 bridgehead atoms. The Morgan fingerprint density at radius 1 is 1.60 bits per heavy atom. The van der Waals surface area contributed by atoms with Gasteiger partial charge in [0.25, 0.3) is 0 Å². The average molecular weight is 184 g/mol. The quantitative estimate of drug-likeness (QED) is 0.453. The van der Waals surface area contributed by atoms with Crippen molar-refractivity contribution in [3.8, 4) is 0 Å². The number of halogens is 1. The highest BCUT2D eigenvalue weighted by Crippen LogP contribution is 1.82. The van der Waals surface area contributed by atoms with Gasteiger partial charge in [-0.3, -0.25) is 5.73 Å². The fourth-order valence-electron chi connectivity index (χ4n) is 0.0668. The van der Waals surface area contributed by atoms with Crippen LogP contribution in [0.1, 0.15) is 6.42 Å². The summed E-state index contributed by atoms with van der Waals surface area (Å²) >= 11 is 2.27. The molecular weight excluding hydrogens is 177 g/mol. The van der Waals surface area contributed by atoms with Crippen LogP contribution in [0.15, 0.2) is 0 Å². The van der Waals surface area contributed by atoms with Crippen LogP contribution in [0, 0.1) is 0 Å². The van der Waals surface area contributed by atoms with Gasteiger partial charge in [0.05, 0.1) is 0 Å². The smallest absolute Gasteiger partial charge is 0.0107 e. The molecule has 1 N–H and O–H groups in total. The summed E-state index contributed by atoms with van der Waals surface area (Å²) in [6.45, 7) is 0.586. The highest BCUT2D eigenvalue weighted by Gasteiger charge is 1.70. The standard InChI is InChI=1S/C3H7IN/c4-2-1-3-5/h5H,1-3H2. The lowest BCUT2D eigenvalue weighted by Crippen LogP contribution is -1.82. The van der Waals surface area contributed by atoms with Crippen molar-refractivity contribution in [3.63, 3.8) is 0 Å². The molecule has 0 rings (SSSR count). The number of hydrogen-bond acceptors (Lipinski definition) is 0. The Morgan fingerprint density at radius 3 is 2.20 bits per heavy atom. The third-order valence-electron chi connectivity index (χ3n) is 0.310. The van der Waals surface area contributed by atoms with E-state index in [0.717, 1.165) is 10.8 Å². The minimum Gasteiger partial charge on any atom is -0.258 e. The van der Waals surface area contributed by atoms with E-state index < -0.39 is 0 Å². The molecule has 31 valence electrons. The first-order valence-corrected chi connectivity index (χ1v) is 3.15. The van der Waals surface area contributed by atoms with Crippen molar-refractivity contribution in [1.82, 2.24) is 5.73 Å². The van der Waals surface area contributed by atoms with E-state index in [1.807, 2.05) is 0 Å². The van der Waals surface area contributed by atoms with Crippen LogP contribution in [0.5, 0.6) is 0 Å². The van der Waals surface area contributed by atoms with Crippen molar-refractivity contribution in [2.24, 2.45) is 0 Å². The normalized spacial score (nSPS) is 8.40. The summed E-state index contributed by atoms with van der Waals surface area (Å²) in [4.78, 5) is 0. The zero-order valence-electron chi connectivity index (χ0n) is 3.00. The van der Waals surface area contributed by atoms with Crippen molar-refractivity contribution >= 4 is 22.6 Å². The predicted octanol–water partition coefficient (Wildman–Crippen LogP) is 1.09. The lowest BCUT2D eigenvalue weighted by atomic mass is 10.5. The van der Waals surface area contributed by atoms with Gasteiger partial charge in [-0.05, 0) is 6.42 Å². The van der Waals surface area contributed by atoms with Crippen LogP contribution in [0.2, 0.25) is 0 Å². The van der Waals surface area contributed by atoms with E-state index in [1.165, 1.54) is 0 Å². The molecule has 0 aliphatic heterocycles. The molecule has 0 aromatic heterocycles. The van der Waals surface area contributed by atoms with Crippen molar-refractivity contribution in [2.75, 3.05) is 11.0 Å². The molecule has 2 heteroatoms. The fraction of sp³-hybridized carbons (Fsp3) is 1.00. The molecule has 0 aromatic rings. The molecule has 0 heterocycles. The van der Waals surface area contributed by atoms with Gasteiger partial charge in [-0.15, -0.1) is 0 Å². The summed E-state index contributed by atoms with van der Waals surface area (Å²) in [5.74, 6) is 0. The van der Waals surface area contributed by atoms with Crippen LogP contribution in [0.3, 0.4) is 0 Å². The Balaban J connectivity index is 2.19. The zero-order valence-corrected chi connectivity index (χ0v) is 5.16. The van der Waals surface area contributed by atoms with E-state index in [2.05, 4.69) is 22.6 Å². The Bertz CT molecular complexity index is 14.4. The molecule has 0 atom stereocenters. The molecule has 0 fully saturated rings. The summed E-state index contributed by atoms with van der Waals surface area (Å²) < 4.78 is 1.13. The van der Waals surface area contributed by atoms with Crippen LogP contribution in [0.25, 0.3) is 0 Å². The number of nitrogens with one attached hydrogen (secondary N) is 1. The maximum atomic E-state index is 6.60. The lowest BCUT2D eigenvalue weighted by Gasteiger charge is -1.77. The molecule has 1 nitrogen and oxygen atoms in total. The second kappa shape index (κ2) is 4.69. The van der Waals surface area contributed by atoms with Gasteiger partial charge in [-0.25, -0.2) is 0 Å². The monoisotopic (exact) mass is 184 g/mol. The molecule has 0 amide bonds. The second-order valence-electron chi connectivity index (χ2n) is 0.793. The van der Waals surface area contributed by atoms with Crippen molar-refractivity contribution in [3.05, 3.63) is 0 Å². The fourth-order valence-corrected chi connectivity index (χ4v) is 0.448. The van der Waals surface area contributed by atoms with E-state index in [0.29, 0.717) is 6.54 Å². The van der Waals surface area contributed by atoms with Crippen LogP contribution < -0.4 is 5.73 Å². The van der Waals surface area contributed by atoms with Gasteiger partial charge in [0.1, 0.15) is 0 Å². The second-order valence-corrected chi connectivity index (χ2v) is 1.87. The maximum Gasteiger partial charge on any atom is 0.0107 e. The van der Waals surface area contributed by atoms with Crippen molar-refractivity contribution in [2.45, 2.75) is 6.42 Å². The first kappa shape index (κ1) is 5.69. The molecule has 0 aromatic carbocycles.